The third-order valence-corrected chi connectivity index (χ3v) is 19.6. The van der Waals surface area contributed by atoms with Crippen LogP contribution in [0.4, 0.5) is 0 Å². The molecular weight excluding hydrogens is 1300 g/mol. The average Bonchev–Trinajstić information content (AvgIpc) is 1.44. The number of benzene rings is 2. The first kappa shape index (κ1) is 78.2. The molecule has 100 heavy (non-hydrogen) atoms. The molecule has 8 aliphatic rings. The number of carbonyl (C=O) groups is 10. The molecule has 0 saturated carbocycles. The highest BCUT2D eigenvalue weighted by atomic mass is 16.7. The van der Waals surface area contributed by atoms with Crippen molar-refractivity contribution >= 4 is 58.5 Å². The zero-order valence-corrected chi connectivity index (χ0v) is 59.2. The zero-order chi connectivity index (χ0) is 74.8. The Kier molecular flexibility index (Phi) is 24.3. The molecule has 6 heterocycles. The molecule has 26 nitrogen and oxygen atoms in total. The summed E-state index contributed by atoms with van der Waals surface area (Å²) in [4.78, 5) is 132. The van der Waals surface area contributed by atoms with E-state index in [2.05, 4.69) is 10.6 Å². The molecule has 540 valence electrons. The van der Waals surface area contributed by atoms with Gasteiger partial charge in [-0.2, -0.15) is 0 Å². The third-order valence-electron chi connectivity index (χ3n) is 19.6. The van der Waals surface area contributed by atoms with Crippen LogP contribution in [0.3, 0.4) is 0 Å². The number of hydrogen-bond donors (Lipinski definition) is 8. The molecule has 10 bridgehead atoms. The number of phenols is 2. The van der Waals surface area contributed by atoms with E-state index < -0.39 is 200 Å². The molecule has 2 aromatic rings. The van der Waals surface area contributed by atoms with Crippen molar-refractivity contribution in [1.82, 2.24) is 10.6 Å². The number of aliphatic hydroxyl groups excluding tert-OH is 4. The standard InChI is InChI=1S/2C37H45NO12/c2*1-16-11-10-12-17(2)36(46)38-23-15-24(40)26-27(32(23)44)31(43)21(6)34-28(26)35(45)37(8,50-34)48-14-13-25(47-9)18(3)33(49-22(7)39)20(5)30(42)19(4)29(16)41/h2*10-16,18-20,25,29-30,33,41-43H,1-9H3,(H,38,46)/b2*11-10+,14-13+,17-12-/t2*16-,18+,19+,20+,25-,29-,30+,33+,37-/m00/s1. The van der Waals surface area contributed by atoms with Gasteiger partial charge in [-0.25, -0.2) is 0 Å². The monoisotopic (exact) mass is 1390 g/mol. The van der Waals surface area contributed by atoms with Crippen LogP contribution in [0.1, 0.15) is 170 Å². The van der Waals surface area contributed by atoms with Gasteiger partial charge in [0.25, 0.3) is 23.4 Å². The summed E-state index contributed by atoms with van der Waals surface area (Å²) in [5, 5.41) is 72.1. The maximum absolute atomic E-state index is 13.9. The van der Waals surface area contributed by atoms with E-state index in [4.69, 9.17) is 37.9 Å². The second-order valence-corrected chi connectivity index (χ2v) is 26.8. The lowest BCUT2D eigenvalue weighted by Crippen LogP contribution is -2.46. The lowest BCUT2D eigenvalue weighted by molar-refractivity contribution is -0.161. The number of aromatic hydroxyl groups is 2. The molecular formula is C74H90N2O24. The predicted molar refractivity (Wildman–Crippen MR) is 358 cm³/mol. The van der Waals surface area contributed by atoms with Gasteiger partial charge in [-0.1, -0.05) is 91.8 Å². The van der Waals surface area contributed by atoms with Gasteiger partial charge in [-0.15, -0.1) is 0 Å². The maximum Gasteiger partial charge on any atom is 0.312 e. The van der Waals surface area contributed by atoms with Gasteiger partial charge in [-0.3, -0.25) is 47.9 Å². The first-order valence-electron chi connectivity index (χ1n) is 32.7. The molecule has 0 radical (unpaired) electrons. The number of amides is 2. The number of nitrogens with one attached hydrogen (secondary N) is 2. The van der Waals surface area contributed by atoms with Gasteiger partial charge in [0, 0.05) is 124 Å². The first-order valence-corrected chi connectivity index (χ1v) is 32.7. The minimum Gasteiger partial charge on any atom is -0.507 e. The summed E-state index contributed by atoms with van der Waals surface area (Å²) >= 11 is 0. The minimum atomic E-state index is -2.03. The number of aliphatic hydroxyl groups is 4. The Balaban J connectivity index is 0.000000281. The van der Waals surface area contributed by atoms with Crippen molar-refractivity contribution in [3.05, 3.63) is 140 Å². The molecule has 0 fully saturated rings. The van der Waals surface area contributed by atoms with E-state index in [1.807, 2.05) is 0 Å². The number of carbonyl (C=O) groups excluding carboxylic acids is 10. The largest absolute Gasteiger partial charge is 0.507 e. The number of phenolic OH excluding ortho intramolecular Hbond substituents is 2. The number of ketones is 6. The lowest BCUT2D eigenvalue weighted by Gasteiger charge is -2.38. The SMILES string of the molecule is CO[C@H]1/C=C/O[C@@]2(C)Oc3c(C)c(O)c4c(c3C2=O)C(=O)C=C(NC(=O)/C(C)=C\C=C\[C@H](C)[C@H](O)[C@@H](C)[C@@H](O)[C@@H](C)[C@H](OC(C)=O)[C@@H]1C)C4=O.CO[C@H]1/C=C/O[C@@]2(C)Oc3c(C)c(O)c4c(c3C2=O)C(=O)C=C(NC(=O)/C(C)=C\C=C\[C@H](C)[C@H](O)[C@@H](C)[C@@H](O)[C@@H](C)[C@H](OC(C)=O)[C@@H]1C)C4=O. The number of ether oxygens (including phenoxy) is 8. The van der Waals surface area contributed by atoms with Crippen molar-refractivity contribution in [3.8, 4) is 23.0 Å². The van der Waals surface area contributed by atoms with Crippen LogP contribution < -0.4 is 20.1 Å². The summed E-state index contributed by atoms with van der Waals surface area (Å²) < 4.78 is 46.2. The molecule has 0 spiro atoms. The molecule has 0 saturated heterocycles. The van der Waals surface area contributed by atoms with Crippen molar-refractivity contribution in [2.45, 2.75) is 171 Å². The Labute approximate surface area is 579 Å². The van der Waals surface area contributed by atoms with Gasteiger partial charge in [0.2, 0.25) is 11.6 Å². The number of fused-ring (bicyclic) bond motifs is 28. The summed E-state index contributed by atoms with van der Waals surface area (Å²) in [6.07, 6.45) is 8.63. The molecule has 10 rings (SSSR count). The number of methoxy groups -OCH3 is 2. The summed E-state index contributed by atoms with van der Waals surface area (Å²) in [6, 6.07) is 0. The minimum absolute atomic E-state index is 0.00885. The maximum atomic E-state index is 13.9. The van der Waals surface area contributed by atoms with Gasteiger partial charge in [0.1, 0.15) is 35.2 Å². The van der Waals surface area contributed by atoms with Crippen LogP contribution in [0, 0.1) is 61.2 Å². The van der Waals surface area contributed by atoms with Crippen molar-refractivity contribution in [2.24, 2.45) is 47.3 Å². The molecule has 2 aromatic carbocycles. The first-order chi connectivity index (χ1) is 46.7. The Morgan fingerprint density at radius 3 is 1.11 bits per heavy atom. The second-order valence-electron chi connectivity index (χ2n) is 26.8. The Bertz CT molecular complexity index is 3690. The van der Waals surface area contributed by atoms with Crippen molar-refractivity contribution in [2.75, 3.05) is 14.2 Å². The molecule has 0 aromatic heterocycles. The molecule has 0 unspecified atom stereocenters. The lowest BCUT2D eigenvalue weighted by atomic mass is 9.78. The van der Waals surface area contributed by atoms with E-state index in [1.165, 1.54) is 93.9 Å². The number of rotatable bonds is 4. The van der Waals surface area contributed by atoms with Gasteiger partial charge in [0.05, 0.1) is 93.9 Å². The summed E-state index contributed by atoms with van der Waals surface area (Å²) in [6.45, 7) is 24.6. The van der Waals surface area contributed by atoms with E-state index in [0.717, 1.165) is 24.7 Å². The van der Waals surface area contributed by atoms with E-state index in [1.54, 1.807) is 79.7 Å². The van der Waals surface area contributed by atoms with E-state index in [9.17, 15) is 78.6 Å². The van der Waals surface area contributed by atoms with Crippen LogP contribution in [0.15, 0.2) is 95.8 Å². The number of esters is 2. The van der Waals surface area contributed by atoms with Crippen molar-refractivity contribution < 1.29 is 116 Å². The molecule has 2 aliphatic carbocycles. The number of Topliss-reactive ketones (excluding diaryl/α,β-unsaturated/α-hetero) is 4. The summed E-state index contributed by atoms with van der Waals surface area (Å²) in [7, 11) is 2.84. The summed E-state index contributed by atoms with van der Waals surface area (Å²) in [5.41, 5.74) is -2.62. The normalized spacial score (nSPS) is 34.5. The predicted octanol–water partition coefficient (Wildman–Crippen LogP) is 7.26. The molecule has 6 aliphatic heterocycles. The van der Waals surface area contributed by atoms with Gasteiger partial charge < -0.3 is 79.2 Å². The third kappa shape index (κ3) is 15.4. The van der Waals surface area contributed by atoms with Crippen LogP contribution in [0.5, 0.6) is 23.0 Å². The molecule has 18 atom stereocenters. The van der Waals surface area contributed by atoms with Crippen LogP contribution in [0.25, 0.3) is 0 Å². The van der Waals surface area contributed by atoms with Gasteiger partial charge in [0.15, 0.2) is 11.6 Å². The molecule has 2 amide bonds. The highest BCUT2D eigenvalue weighted by Gasteiger charge is 2.54. The van der Waals surface area contributed by atoms with Crippen LogP contribution in [-0.4, -0.2) is 164 Å². The van der Waals surface area contributed by atoms with Gasteiger partial charge >= 0.3 is 23.5 Å². The topological polar surface area (TPSA) is 390 Å². The van der Waals surface area contributed by atoms with Crippen LogP contribution in [0.2, 0.25) is 0 Å². The number of allylic oxidation sites excluding steroid dienone is 8. The smallest absolute Gasteiger partial charge is 0.312 e. The van der Waals surface area contributed by atoms with E-state index in [0.29, 0.717) is 0 Å². The van der Waals surface area contributed by atoms with Crippen molar-refractivity contribution in [3.63, 3.8) is 0 Å². The fraction of sp³-hybridized carbons (Fsp3) is 0.486. The van der Waals surface area contributed by atoms with Crippen molar-refractivity contribution in [1.29, 1.82) is 0 Å². The van der Waals surface area contributed by atoms with Gasteiger partial charge in [-0.05, 0) is 39.8 Å². The summed E-state index contributed by atoms with van der Waals surface area (Å²) in [5.74, 6) is -18.0. The van der Waals surface area contributed by atoms with E-state index >= 15 is 0 Å². The average molecular weight is 1390 g/mol. The fourth-order valence-electron chi connectivity index (χ4n) is 13.2. The van der Waals surface area contributed by atoms with Crippen LogP contribution in [-0.2, 0) is 47.6 Å². The fourth-order valence-corrected chi connectivity index (χ4v) is 13.2. The molecule has 8 N–H and O–H groups in total. The quantitative estimate of drug-likeness (QED) is 0.140. The Morgan fingerprint density at radius 2 is 0.800 bits per heavy atom. The number of hydrogen-bond acceptors (Lipinski definition) is 24. The highest BCUT2D eigenvalue weighted by molar-refractivity contribution is 6.32. The van der Waals surface area contributed by atoms with Crippen LogP contribution >= 0.6 is 0 Å². The molecule has 26 heteroatoms. The zero-order valence-electron chi connectivity index (χ0n) is 59.2. The highest BCUT2D eigenvalue weighted by Crippen LogP contribution is 2.50. The second kappa shape index (κ2) is 31.2. The Morgan fingerprint density at radius 1 is 0.470 bits per heavy atom. The Hall–Kier alpha value is -9.18. The van der Waals surface area contributed by atoms with E-state index in [-0.39, 0.29) is 56.0 Å².